The van der Waals surface area contributed by atoms with Crippen LogP contribution in [0.5, 0.6) is 0 Å². The molecular weight excluding hydrogens is 316 g/mol. The van der Waals surface area contributed by atoms with Gasteiger partial charge in [-0.25, -0.2) is 4.79 Å². The van der Waals surface area contributed by atoms with Crippen LogP contribution in [-0.2, 0) is 11.2 Å². The fraction of sp³-hybridized carbons (Fsp3) is 0.632. The van der Waals surface area contributed by atoms with E-state index in [4.69, 9.17) is 0 Å². The Labute approximate surface area is 148 Å². The molecule has 1 aromatic heterocycles. The predicted molar refractivity (Wildman–Crippen MR) is 93.9 cm³/mol. The minimum Gasteiger partial charge on any atom is -0.341 e. The Morgan fingerprint density at radius 1 is 1.12 bits per heavy atom. The van der Waals surface area contributed by atoms with E-state index in [1.165, 1.54) is 5.56 Å². The van der Waals surface area contributed by atoms with Crippen molar-refractivity contribution in [2.24, 2.45) is 5.92 Å². The summed E-state index contributed by atoms with van der Waals surface area (Å²) in [6.45, 7) is 3.33. The molecule has 6 heteroatoms. The zero-order valence-corrected chi connectivity index (χ0v) is 14.6. The second-order valence-corrected chi connectivity index (χ2v) is 7.52. The highest BCUT2D eigenvalue weighted by Crippen LogP contribution is 2.30. The summed E-state index contributed by atoms with van der Waals surface area (Å²) in [5.74, 6) is 0.720. The van der Waals surface area contributed by atoms with E-state index in [0.717, 1.165) is 51.7 Å². The number of carbonyl (C=O) groups is 2. The number of hydrogen-bond acceptors (Lipinski definition) is 3. The van der Waals surface area contributed by atoms with Crippen LogP contribution in [0.1, 0.15) is 31.2 Å². The van der Waals surface area contributed by atoms with Crippen LogP contribution in [0.15, 0.2) is 24.5 Å². The largest absolute Gasteiger partial charge is 0.341 e. The molecule has 1 saturated carbocycles. The third kappa shape index (κ3) is 3.78. The van der Waals surface area contributed by atoms with Crippen molar-refractivity contribution in [3.8, 4) is 0 Å². The average molecular weight is 342 g/mol. The monoisotopic (exact) mass is 342 g/mol. The Morgan fingerprint density at radius 3 is 2.60 bits per heavy atom. The van der Waals surface area contributed by atoms with E-state index >= 15 is 0 Å². The third-order valence-corrected chi connectivity index (χ3v) is 5.66. The van der Waals surface area contributed by atoms with E-state index in [2.05, 4.69) is 11.1 Å². The normalized spacial score (nSPS) is 21.9. The molecular formula is C19H26N4O2. The number of pyridine rings is 1. The van der Waals surface area contributed by atoms with Crippen molar-refractivity contribution < 1.29 is 9.59 Å². The molecule has 0 atom stereocenters. The summed E-state index contributed by atoms with van der Waals surface area (Å²) < 4.78 is 0. The molecule has 0 unspecified atom stereocenters. The van der Waals surface area contributed by atoms with E-state index in [9.17, 15) is 9.59 Å². The zero-order valence-electron chi connectivity index (χ0n) is 14.6. The minimum atomic E-state index is 0.0577. The standard InChI is InChI=1S/C19H26N4O2/c24-18(14-22-10-11-23(19(22)25)17-3-4-17)21-8-5-15(6-9-21)12-16-2-1-7-20-13-16/h1-2,7,13,15,17H,3-6,8-12,14H2. The van der Waals surface area contributed by atoms with Crippen molar-refractivity contribution in [1.82, 2.24) is 19.7 Å². The molecule has 0 radical (unpaired) electrons. The van der Waals surface area contributed by atoms with Crippen molar-refractivity contribution in [2.75, 3.05) is 32.7 Å². The first kappa shape index (κ1) is 16.4. The number of aromatic nitrogens is 1. The fourth-order valence-electron chi connectivity index (χ4n) is 3.98. The van der Waals surface area contributed by atoms with Crippen LogP contribution < -0.4 is 0 Å². The summed E-state index contributed by atoms with van der Waals surface area (Å²) in [6, 6.07) is 4.60. The molecule has 3 heterocycles. The Bertz CT molecular complexity index is 624. The summed E-state index contributed by atoms with van der Waals surface area (Å²) in [5, 5.41) is 0. The van der Waals surface area contributed by atoms with E-state index in [1.807, 2.05) is 22.1 Å². The van der Waals surface area contributed by atoms with Gasteiger partial charge >= 0.3 is 6.03 Å². The maximum absolute atomic E-state index is 12.6. The van der Waals surface area contributed by atoms with Gasteiger partial charge in [-0.1, -0.05) is 6.07 Å². The highest BCUT2D eigenvalue weighted by atomic mass is 16.2. The number of nitrogens with zero attached hydrogens (tertiary/aromatic N) is 4. The van der Waals surface area contributed by atoms with Gasteiger partial charge in [0.05, 0.1) is 0 Å². The molecule has 2 saturated heterocycles. The molecule has 0 N–H and O–H groups in total. The number of likely N-dealkylation sites (tertiary alicyclic amines) is 1. The van der Waals surface area contributed by atoms with Gasteiger partial charge in [0.1, 0.15) is 6.54 Å². The number of urea groups is 1. The van der Waals surface area contributed by atoms with Crippen LogP contribution in [0.3, 0.4) is 0 Å². The van der Waals surface area contributed by atoms with Gasteiger partial charge in [-0.15, -0.1) is 0 Å². The predicted octanol–water partition coefficient (Wildman–Crippen LogP) is 1.76. The quantitative estimate of drug-likeness (QED) is 0.819. The summed E-state index contributed by atoms with van der Waals surface area (Å²) in [7, 11) is 0. The molecule has 25 heavy (non-hydrogen) atoms. The van der Waals surface area contributed by atoms with Crippen LogP contribution in [0, 0.1) is 5.92 Å². The second-order valence-electron chi connectivity index (χ2n) is 7.52. The van der Waals surface area contributed by atoms with Crippen molar-refractivity contribution >= 4 is 11.9 Å². The molecule has 3 amide bonds. The molecule has 3 aliphatic rings. The molecule has 1 aromatic rings. The molecule has 0 spiro atoms. The summed E-state index contributed by atoms with van der Waals surface area (Å²) in [4.78, 5) is 34.7. The SMILES string of the molecule is O=C(CN1CCN(C2CC2)C1=O)N1CCC(Cc2cccnc2)CC1. The van der Waals surface area contributed by atoms with Gasteiger partial charge in [-0.2, -0.15) is 0 Å². The number of carbonyl (C=O) groups excluding carboxylic acids is 2. The second kappa shape index (κ2) is 7.02. The summed E-state index contributed by atoms with van der Waals surface area (Å²) in [5.41, 5.74) is 1.27. The lowest BCUT2D eigenvalue weighted by Gasteiger charge is -2.33. The van der Waals surface area contributed by atoms with Gasteiger partial charge in [0, 0.05) is 44.6 Å². The zero-order chi connectivity index (χ0) is 17.2. The van der Waals surface area contributed by atoms with Crippen LogP contribution in [0.4, 0.5) is 4.79 Å². The van der Waals surface area contributed by atoms with E-state index in [0.29, 0.717) is 18.5 Å². The first-order valence-electron chi connectivity index (χ1n) is 9.43. The van der Waals surface area contributed by atoms with Gasteiger partial charge in [0.15, 0.2) is 0 Å². The minimum absolute atomic E-state index is 0.0577. The highest BCUT2D eigenvalue weighted by molar-refractivity contribution is 5.85. The lowest BCUT2D eigenvalue weighted by molar-refractivity contribution is -0.133. The van der Waals surface area contributed by atoms with Crippen molar-refractivity contribution in [3.05, 3.63) is 30.1 Å². The smallest absolute Gasteiger partial charge is 0.320 e. The van der Waals surface area contributed by atoms with Crippen LogP contribution >= 0.6 is 0 Å². The topological polar surface area (TPSA) is 56.8 Å². The molecule has 1 aliphatic carbocycles. The van der Waals surface area contributed by atoms with Crippen LogP contribution in [0.2, 0.25) is 0 Å². The van der Waals surface area contributed by atoms with Crippen LogP contribution in [0.25, 0.3) is 0 Å². The van der Waals surface area contributed by atoms with Gasteiger partial charge in [0.2, 0.25) is 5.91 Å². The summed E-state index contributed by atoms with van der Waals surface area (Å²) >= 11 is 0. The number of amides is 3. The molecule has 0 aromatic carbocycles. The third-order valence-electron chi connectivity index (χ3n) is 5.66. The number of hydrogen-bond donors (Lipinski definition) is 0. The molecule has 134 valence electrons. The molecule has 6 nitrogen and oxygen atoms in total. The molecule has 2 aliphatic heterocycles. The lowest BCUT2D eigenvalue weighted by Crippen LogP contribution is -2.45. The lowest BCUT2D eigenvalue weighted by atomic mass is 9.91. The average Bonchev–Trinajstić information content (AvgIpc) is 3.41. The first-order chi connectivity index (χ1) is 12.2. The van der Waals surface area contributed by atoms with Gasteiger partial charge in [0.25, 0.3) is 0 Å². The first-order valence-corrected chi connectivity index (χ1v) is 9.43. The van der Waals surface area contributed by atoms with Crippen molar-refractivity contribution in [2.45, 2.75) is 38.1 Å². The molecule has 3 fully saturated rings. The van der Waals surface area contributed by atoms with Gasteiger partial charge in [-0.3, -0.25) is 9.78 Å². The Hall–Kier alpha value is -2.11. The van der Waals surface area contributed by atoms with Crippen LogP contribution in [-0.4, -0.2) is 70.4 Å². The van der Waals surface area contributed by atoms with E-state index in [-0.39, 0.29) is 18.5 Å². The fourth-order valence-corrected chi connectivity index (χ4v) is 3.98. The van der Waals surface area contributed by atoms with E-state index < -0.39 is 0 Å². The number of rotatable bonds is 5. The van der Waals surface area contributed by atoms with E-state index in [1.54, 1.807) is 11.1 Å². The maximum Gasteiger partial charge on any atom is 0.320 e. The Balaban J connectivity index is 1.23. The summed E-state index contributed by atoms with van der Waals surface area (Å²) in [6.07, 6.45) is 9.08. The Kier molecular flexibility index (Phi) is 4.59. The van der Waals surface area contributed by atoms with Gasteiger partial charge < -0.3 is 14.7 Å². The molecule has 0 bridgehead atoms. The molecule has 4 rings (SSSR count). The highest BCUT2D eigenvalue weighted by Gasteiger charge is 2.39. The van der Waals surface area contributed by atoms with Gasteiger partial charge in [-0.05, 0) is 49.7 Å². The maximum atomic E-state index is 12.6. The van der Waals surface area contributed by atoms with Crippen molar-refractivity contribution in [3.63, 3.8) is 0 Å². The Morgan fingerprint density at radius 2 is 1.92 bits per heavy atom. The number of piperidine rings is 1. The van der Waals surface area contributed by atoms with Crippen molar-refractivity contribution in [1.29, 1.82) is 0 Å².